The first-order valence-electron chi connectivity index (χ1n) is 8.95. The molecule has 2 aliphatic rings. The summed E-state index contributed by atoms with van der Waals surface area (Å²) in [5.41, 5.74) is 3.70. The van der Waals surface area contributed by atoms with Gasteiger partial charge in [0.1, 0.15) is 11.9 Å². The number of rotatable bonds is 5. The van der Waals surface area contributed by atoms with Crippen molar-refractivity contribution in [3.63, 3.8) is 0 Å². The predicted molar refractivity (Wildman–Crippen MR) is 94.8 cm³/mol. The number of amides is 4. The Hall–Kier alpha value is -2.90. The minimum absolute atomic E-state index is 0.138. The first kappa shape index (κ1) is 16.6. The molecule has 8 nitrogen and oxygen atoms in total. The van der Waals surface area contributed by atoms with Gasteiger partial charge in [-0.1, -0.05) is 25.0 Å². The average Bonchev–Trinajstić information content (AvgIpc) is 3.31. The van der Waals surface area contributed by atoms with Gasteiger partial charge in [0.2, 0.25) is 5.91 Å². The second-order valence-corrected chi connectivity index (χ2v) is 6.92. The Kier molecular flexibility index (Phi) is 4.10. The third-order valence-electron chi connectivity index (χ3n) is 5.19. The molecule has 0 unspecified atom stereocenters. The lowest BCUT2D eigenvalue weighted by atomic mass is 9.98. The van der Waals surface area contributed by atoms with Gasteiger partial charge in [-0.05, 0) is 31.4 Å². The summed E-state index contributed by atoms with van der Waals surface area (Å²) in [5, 5.41) is 2.85. The highest BCUT2D eigenvalue weighted by Gasteiger charge is 2.51. The highest BCUT2D eigenvalue weighted by molar-refractivity contribution is 6.07. The maximum Gasteiger partial charge on any atom is 0.325 e. The van der Waals surface area contributed by atoms with Crippen LogP contribution in [0.3, 0.4) is 0 Å². The molecule has 2 N–H and O–H groups in total. The second-order valence-electron chi connectivity index (χ2n) is 6.92. The summed E-state index contributed by atoms with van der Waals surface area (Å²) in [7, 11) is 0. The van der Waals surface area contributed by atoms with Crippen molar-refractivity contribution in [3.05, 3.63) is 30.6 Å². The van der Waals surface area contributed by atoms with Gasteiger partial charge in [0.15, 0.2) is 0 Å². The minimum atomic E-state index is -0.685. The molecule has 0 atom stereocenters. The van der Waals surface area contributed by atoms with Crippen LogP contribution in [0.25, 0.3) is 11.0 Å². The summed E-state index contributed by atoms with van der Waals surface area (Å²) in [6, 6.07) is 7.17. The Labute approximate surface area is 150 Å². The van der Waals surface area contributed by atoms with Crippen LogP contribution in [-0.4, -0.2) is 44.5 Å². The number of imide groups is 1. The number of urea groups is 1. The monoisotopic (exact) mass is 355 g/mol. The highest BCUT2D eigenvalue weighted by atomic mass is 16.2. The highest BCUT2D eigenvalue weighted by Crippen LogP contribution is 2.35. The first-order valence-corrected chi connectivity index (χ1v) is 8.95. The Morgan fingerprint density at radius 3 is 2.81 bits per heavy atom. The molecular weight excluding hydrogens is 334 g/mol. The van der Waals surface area contributed by atoms with Crippen molar-refractivity contribution in [1.82, 2.24) is 19.9 Å². The molecule has 2 heterocycles. The van der Waals surface area contributed by atoms with Gasteiger partial charge in [-0.25, -0.2) is 14.5 Å². The smallest absolute Gasteiger partial charge is 0.323 e. The predicted octanol–water partition coefficient (Wildman–Crippen LogP) is 1.75. The average molecular weight is 355 g/mol. The van der Waals surface area contributed by atoms with Crippen LogP contribution in [0.1, 0.15) is 38.5 Å². The van der Waals surface area contributed by atoms with Gasteiger partial charge in [0.25, 0.3) is 5.91 Å². The molecule has 4 amide bonds. The minimum Gasteiger partial charge on any atom is -0.323 e. The molecule has 8 heteroatoms. The Bertz CT molecular complexity index is 869. The van der Waals surface area contributed by atoms with E-state index in [1.54, 1.807) is 11.0 Å². The normalized spacial score (nSPS) is 18.7. The number of nitrogens with zero attached hydrogens (tertiary/aromatic N) is 3. The molecule has 1 aliphatic heterocycles. The van der Waals surface area contributed by atoms with E-state index >= 15 is 0 Å². The van der Waals surface area contributed by atoms with Crippen LogP contribution >= 0.6 is 0 Å². The Balaban J connectivity index is 1.31. The van der Waals surface area contributed by atoms with Crippen molar-refractivity contribution >= 4 is 28.9 Å². The molecule has 1 aliphatic carbocycles. The summed E-state index contributed by atoms with van der Waals surface area (Å²) < 4.78 is 1.58. The van der Waals surface area contributed by atoms with Crippen LogP contribution < -0.4 is 10.7 Å². The van der Waals surface area contributed by atoms with Crippen LogP contribution in [0.4, 0.5) is 4.79 Å². The molecule has 1 aromatic carbocycles. The number of carbonyl (C=O) groups excluding carboxylic acids is 3. The van der Waals surface area contributed by atoms with E-state index in [4.69, 9.17) is 0 Å². The van der Waals surface area contributed by atoms with E-state index in [0.717, 1.165) is 23.9 Å². The van der Waals surface area contributed by atoms with Gasteiger partial charge in [0.05, 0.1) is 11.0 Å². The largest absolute Gasteiger partial charge is 0.325 e. The zero-order valence-corrected chi connectivity index (χ0v) is 14.4. The van der Waals surface area contributed by atoms with Gasteiger partial charge in [-0.15, -0.1) is 0 Å². The fourth-order valence-corrected chi connectivity index (χ4v) is 3.83. The maximum atomic E-state index is 12.5. The molecule has 26 heavy (non-hydrogen) atoms. The molecule has 1 spiro atoms. The van der Waals surface area contributed by atoms with Crippen molar-refractivity contribution in [2.45, 2.75) is 44.1 Å². The van der Waals surface area contributed by atoms with E-state index in [-0.39, 0.29) is 30.8 Å². The number of nitrogens with one attached hydrogen (secondary N) is 2. The number of benzene rings is 1. The molecule has 136 valence electrons. The van der Waals surface area contributed by atoms with Crippen LogP contribution in [0.5, 0.6) is 0 Å². The summed E-state index contributed by atoms with van der Waals surface area (Å²) in [6.45, 7) is 0.254. The van der Waals surface area contributed by atoms with Gasteiger partial charge in [-0.3, -0.25) is 19.9 Å². The zero-order valence-electron chi connectivity index (χ0n) is 14.4. The third kappa shape index (κ3) is 2.81. The van der Waals surface area contributed by atoms with E-state index in [2.05, 4.69) is 15.7 Å². The van der Waals surface area contributed by atoms with Crippen molar-refractivity contribution in [3.8, 4) is 0 Å². The standard InChI is InChI=1S/C18H21N5O3/c24-15(21-23-12-19-13-6-1-2-7-14(13)23)8-5-11-22-16(25)18(20-17(22)26)9-3-4-10-18/h1-2,6-7,12H,3-5,8-11H2,(H,20,26)(H,21,24). The fraction of sp³-hybridized carbons (Fsp3) is 0.444. The van der Waals surface area contributed by atoms with E-state index in [1.807, 2.05) is 24.3 Å². The molecule has 2 aromatic rings. The zero-order chi connectivity index (χ0) is 18.1. The lowest BCUT2D eigenvalue weighted by Gasteiger charge is -2.19. The number of para-hydroxylation sites is 2. The van der Waals surface area contributed by atoms with Gasteiger partial charge >= 0.3 is 6.03 Å². The first-order chi connectivity index (χ1) is 12.6. The SMILES string of the molecule is O=C(CCCN1C(=O)NC2(CCCC2)C1=O)Nn1cnc2ccccc21. The molecule has 1 saturated heterocycles. The van der Waals surface area contributed by atoms with E-state index in [1.165, 1.54) is 4.90 Å². The van der Waals surface area contributed by atoms with E-state index in [9.17, 15) is 14.4 Å². The van der Waals surface area contributed by atoms with Crippen LogP contribution in [0, 0.1) is 0 Å². The van der Waals surface area contributed by atoms with Crippen molar-refractivity contribution in [2.75, 3.05) is 12.0 Å². The van der Waals surface area contributed by atoms with Gasteiger partial charge < -0.3 is 5.32 Å². The van der Waals surface area contributed by atoms with Gasteiger partial charge in [-0.2, -0.15) is 0 Å². The molecule has 0 bridgehead atoms. The summed E-state index contributed by atoms with van der Waals surface area (Å²) >= 11 is 0. The maximum absolute atomic E-state index is 12.5. The van der Waals surface area contributed by atoms with Crippen LogP contribution in [-0.2, 0) is 9.59 Å². The molecule has 4 rings (SSSR count). The van der Waals surface area contributed by atoms with Crippen LogP contribution in [0.2, 0.25) is 0 Å². The summed E-state index contributed by atoms with van der Waals surface area (Å²) in [6.07, 6.45) is 5.54. The molecule has 1 saturated carbocycles. The molecule has 1 aromatic heterocycles. The Morgan fingerprint density at radius 2 is 2.00 bits per heavy atom. The van der Waals surface area contributed by atoms with Crippen LogP contribution in [0.15, 0.2) is 30.6 Å². The molecule has 0 radical (unpaired) electrons. The summed E-state index contributed by atoms with van der Waals surface area (Å²) in [5.74, 6) is -0.322. The lowest BCUT2D eigenvalue weighted by molar-refractivity contribution is -0.131. The number of aromatic nitrogens is 2. The fourth-order valence-electron chi connectivity index (χ4n) is 3.83. The lowest BCUT2D eigenvalue weighted by Crippen LogP contribution is -2.44. The second kappa shape index (κ2) is 6.44. The van der Waals surface area contributed by atoms with E-state index in [0.29, 0.717) is 19.3 Å². The third-order valence-corrected chi connectivity index (χ3v) is 5.19. The number of imidazole rings is 1. The number of hydrogen-bond donors (Lipinski definition) is 2. The topological polar surface area (TPSA) is 96.3 Å². The van der Waals surface area contributed by atoms with E-state index < -0.39 is 5.54 Å². The van der Waals surface area contributed by atoms with Crippen molar-refractivity contribution < 1.29 is 14.4 Å². The number of hydrogen-bond acceptors (Lipinski definition) is 4. The molecule has 2 fully saturated rings. The number of carbonyl (C=O) groups is 3. The van der Waals surface area contributed by atoms with Crippen molar-refractivity contribution in [2.24, 2.45) is 0 Å². The summed E-state index contributed by atoms with van der Waals surface area (Å²) in [4.78, 5) is 42.3. The quantitative estimate of drug-likeness (QED) is 0.799. The van der Waals surface area contributed by atoms with Gasteiger partial charge in [0, 0.05) is 13.0 Å². The van der Waals surface area contributed by atoms with Crippen molar-refractivity contribution in [1.29, 1.82) is 0 Å². The Morgan fingerprint density at radius 1 is 1.23 bits per heavy atom. The number of fused-ring (bicyclic) bond motifs is 1. The molecular formula is C18H21N5O3.